The molecular formula is C18H19N3. The third kappa shape index (κ3) is 3.87. The number of nitrogens with zero attached hydrogens (tertiary/aromatic N) is 1. The van der Waals surface area contributed by atoms with Crippen LogP contribution in [0.2, 0.25) is 0 Å². The van der Waals surface area contributed by atoms with Crippen molar-refractivity contribution < 1.29 is 0 Å². The van der Waals surface area contributed by atoms with Crippen LogP contribution in [-0.2, 0) is 6.42 Å². The summed E-state index contributed by atoms with van der Waals surface area (Å²) in [6, 6.07) is 16.1. The molecule has 0 bridgehead atoms. The fourth-order valence-electron chi connectivity index (χ4n) is 2.21. The van der Waals surface area contributed by atoms with Crippen LogP contribution in [0, 0.1) is 25.2 Å². The van der Waals surface area contributed by atoms with E-state index >= 15 is 0 Å². The highest BCUT2D eigenvalue weighted by atomic mass is 14.8. The van der Waals surface area contributed by atoms with E-state index in [0.717, 1.165) is 28.1 Å². The first-order valence-corrected chi connectivity index (χ1v) is 6.86. The lowest BCUT2D eigenvalue weighted by molar-refractivity contribution is 1.17. The predicted octanol–water partition coefficient (Wildman–Crippen LogP) is 3.95. The fourth-order valence-corrected chi connectivity index (χ4v) is 2.21. The standard InChI is InChI=1S/C18H19N3/c1-13-8-15(9-14(2)18(13)20)10-16(11-19)12-21-17-6-4-3-5-7-17/h3-9,12,21H,10,20H2,1-2H3. The summed E-state index contributed by atoms with van der Waals surface area (Å²) >= 11 is 0. The summed E-state index contributed by atoms with van der Waals surface area (Å²) < 4.78 is 0. The molecule has 0 radical (unpaired) electrons. The Morgan fingerprint density at radius 2 is 1.81 bits per heavy atom. The molecule has 0 fully saturated rings. The molecular weight excluding hydrogens is 258 g/mol. The molecule has 106 valence electrons. The van der Waals surface area contributed by atoms with Gasteiger partial charge >= 0.3 is 0 Å². The van der Waals surface area contributed by atoms with E-state index in [1.165, 1.54) is 0 Å². The lowest BCUT2D eigenvalue weighted by Gasteiger charge is -2.09. The molecule has 0 aliphatic rings. The van der Waals surface area contributed by atoms with E-state index in [4.69, 9.17) is 5.73 Å². The number of nitrogen functional groups attached to an aromatic ring is 1. The monoisotopic (exact) mass is 277 g/mol. The molecule has 3 nitrogen and oxygen atoms in total. The van der Waals surface area contributed by atoms with Gasteiger partial charge < -0.3 is 11.1 Å². The molecule has 0 aromatic heterocycles. The van der Waals surface area contributed by atoms with E-state index in [0.29, 0.717) is 12.0 Å². The average molecular weight is 277 g/mol. The van der Waals surface area contributed by atoms with Crippen LogP contribution in [0.5, 0.6) is 0 Å². The lowest BCUT2D eigenvalue weighted by Crippen LogP contribution is -1.98. The Hall–Kier alpha value is -2.73. The van der Waals surface area contributed by atoms with Crippen molar-refractivity contribution in [2.75, 3.05) is 11.1 Å². The Balaban J connectivity index is 2.14. The molecule has 21 heavy (non-hydrogen) atoms. The number of anilines is 2. The Morgan fingerprint density at radius 1 is 1.19 bits per heavy atom. The zero-order valence-corrected chi connectivity index (χ0v) is 12.4. The van der Waals surface area contributed by atoms with Gasteiger partial charge in [-0.3, -0.25) is 0 Å². The normalized spacial score (nSPS) is 11.0. The number of allylic oxidation sites excluding steroid dienone is 1. The van der Waals surface area contributed by atoms with Gasteiger partial charge in [0.15, 0.2) is 0 Å². The van der Waals surface area contributed by atoms with Crippen molar-refractivity contribution in [2.45, 2.75) is 20.3 Å². The van der Waals surface area contributed by atoms with E-state index in [1.54, 1.807) is 6.20 Å². The zero-order chi connectivity index (χ0) is 15.2. The Bertz CT molecular complexity index is 671. The molecule has 3 N–H and O–H groups in total. The van der Waals surface area contributed by atoms with Gasteiger partial charge in [0, 0.05) is 29.6 Å². The van der Waals surface area contributed by atoms with Crippen LogP contribution in [-0.4, -0.2) is 0 Å². The molecule has 0 unspecified atom stereocenters. The van der Waals surface area contributed by atoms with Gasteiger partial charge in [0.05, 0.1) is 6.07 Å². The number of nitrogens with one attached hydrogen (secondary N) is 1. The molecule has 3 heteroatoms. The number of nitriles is 1. The van der Waals surface area contributed by atoms with Gasteiger partial charge in [-0.15, -0.1) is 0 Å². The maximum atomic E-state index is 9.28. The Labute approximate surface area is 125 Å². The van der Waals surface area contributed by atoms with Crippen molar-refractivity contribution in [3.63, 3.8) is 0 Å². The van der Waals surface area contributed by atoms with Crippen molar-refractivity contribution in [1.29, 1.82) is 5.26 Å². The number of hydrogen-bond donors (Lipinski definition) is 2. The highest BCUT2D eigenvalue weighted by Gasteiger charge is 2.04. The van der Waals surface area contributed by atoms with Crippen molar-refractivity contribution in [3.8, 4) is 6.07 Å². The third-order valence-electron chi connectivity index (χ3n) is 3.38. The summed E-state index contributed by atoms with van der Waals surface area (Å²) in [6.45, 7) is 3.98. The van der Waals surface area contributed by atoms with Crippen LogP contribution in [0.25, 0.3) is 0 Å². The van der Waals surface area contributed by atoms with Crippen molar-refractivity contribution in [3.05, 3.63) is 70.9 Å². The first-order valence-electron chi connectivity index (χ1n) is 6.86. The van der Waals surface area contributed by atoms with E-state index in [2.05, 4.69) is 11.4 Å². The molecule has 0 aliphatic heterocycles. The molecule has 0 amide bonds. The number of nitrogens with two attached hydrogens (primary N) is 1. The van der Waals surface area contributed by atoms with Crippen LogP contribution in [0.15, 0.2) is 54.2 Å². The largest absolute Gasteiger partial charge is 0.398 e. The smallest absolute Gasteiger partial charge is 0.0965 e. The second kappa shape index (κ2) is 6.62. The molecule has 2 rings (SSSR count). The Morgan fingerprint density at radius 3 is 2.38 bits per heavy atom. The van der Waals surface area contributed by atoms with Crippen LogP contribution < -0.4 is 11.1 Å². The number of hydrogen-bond acceptors (Lipinski definition) is 3. The topological polar surface area (TPSA) is 61.8 Å². The molecule has 0 spiro atoms. The number of rotatable bonds is 4. The van der Waals surface area contributed by atoms with Gasteiger partial charge in [-0.05, 0) is 42.7 Å². The van der Waals surface area contributed by atoms with Crippen LogP contribution in [0.4, 0.5) is 11.4 Å². The number of para-hydroxylation sites is 1. The molecule has 0 aliphatic carbocycles. The SMILES string of the molecule is Cc1cc(CC(C#N)=CNc2ccccc2)cc(C)c1N. The maximum Gasteiger partial charge on any atom is 0.0965 e. The molecule has 0 saturated heterocycles. The summed E-state index contributed by atoms with van der Waals surface area (Å²) in [4.78, 5) is 0. The van der Waals surface area contributed by atoms with Gasteiger partial charge in [0.2, 0.25) is 0 Å². The summed E-state index contributed by atoms with van der Waals surface area (Å²) in [5.74, 6) is 0. The first kappa shape index (κ1) is 14.7. The second-order valence-corrected chi connectivity index (χ2v) is 5.11. The number of benzene rings is 2. The second-order valence-electron chi connectivity index (χ2n) is 5.11. The highest BCUT2D eigenvalue weighted by Crippen LogP contribution is 2.20. The molecule has 0 atom stereocenters. The van der Waals surface area contributed by atoms with Gasteiger partial charge in [-0.25, -0.2) is 0 Å². The van der Waals surface area contributed by atoms with Crippen molar-refractivity contribution in [1.82, 2.24) is 0 Å². The van der Waals surface area contributed by atoms with Crippen molar-refractivity contribution >= 4 is 11.4 Å². The quantitative estimate of drug-likeness (QED) is 0.657. The van der Waals surface area contributed by atoms with E-state index in [1.807, 2.05) is 56.3 Å². The predicted molar refractivity (Wildman–Crippen MR) is 87.8 cm³/mol. The highest BCUT2D eigenvalue weighted by molar-refractivity contribution is 5.55. The van der Waals surface area contributed by atoms with Gasteiger partial charge in [0.1, 0.15) is 0 Å². The minimum Gasteiger partial charge on any atom is -0.398 e. The van der Waals surface area contributed by atoms with Gasteiger partial charge in [0.25, 0.3) is 0 Å². The molecule has 2 aromatic carbocycles. The minimum atomic E-state index is 0.596. The van der Waals surface area contributed by atoms with E-state index < -0.39 is 0 Å². The molecule has 2 aromatic rings. The first-order chi connectivity index (χ1) is 10.1. The summed E-state index contributed by atoms with van der Waals surface area (Å²) in [7, 11) is 0. The third-order valence-corrected chi connectivity index (χ3v) is 3.38. The fraction of sp³-hybridized carbons (Fsp3) is 0.167. The lowest BCUT2D eigenvalue weighted by atomic mass is 10.00. The maximum absolute atomic E-state index is 9.28. The van der Waals surface area contributed by atoms with E-state index in [9.17, 15) is 5.26 Å². The minimum absolute atomic E-state index is 0.596. The van der Waals surface area contributed by atoms with Crippen LogP contribution >= 0.6 is 0 Å². The van der Waals surface area contributed by atoms with Gasteiger partial charge in [-0.2, -0.15) is 5.26 Å². The van der Waals surface area contributed by atoms with E-state index in [-0.39, 0.29) is 0 Å². The Kier molecular flexibility index (Phi) is 4.63. The average Bonchev–Trinajstić information content (AvgIpc) is 2.50. The summed E-state index contributed by atoms with van der Waals surface area (Å²) in [5.41, 5.74) is 11.6. The van der Waals surface area contributed by atoms with Crippen LogP contribution in [0.1, 0.15) is 16.7 Å². The zero-order valence-electron chi connectivity index (χ0n) is 12.4. The summed E-state index contributed by atoms with van der Waals surface area (Å²) in [5, 5.41) is 12.4. The van der Waals surface area contributed by atoms with Gasteiger partial charge in [-0.1, -0.05) is 30.3 Å². The summed E-state index contributed by atoms with van der Waals surface area (Å²) in [6.07, 6.45) is 2.36. The van der Waals surface area contributed by atoms with Crippen LogP contribution in [0.3, 0.4) is 0 Å². The van der Waals surface area contributed by atoms with Crippen molar-refractivity contribution in [2.24, 2.45) is 0 Å². The number of aryl methyl sites for hydroxylation is 2. The molecule has 0 saturated carbocycles. The molecule has 0 heterocycles.